The van der Waals surface area contributed by atoms with Crippen LogP contribution < -0.4 is 4.74 Å². The lowest BCUT2D eigenvalue weighted by atomic mass is 9.84. The van der Waals surface area contributed by atoms with Crippen molar-refractivity contribution in [2.75, 3.05) is 26.8 Å². The number of ether oxygens (including phenoxy) is 2. The van der Waals surface area contributed by atoms with Crippen molar-refractivity contribution in [3.63, 3.8) is 0 Å². The second-order valence-corrected chi connectivity index (χ2v) is 6.84. The Hall–Kier alpha value is -2.68. The molecular formula is C18H22N2O7. The zero-order valence-electron chi connectivity index (χ0n) is 15.0. The van der Waals surface area contributed by atoms with Gasteiger partial charge < -0.3 is 19.5 Å². The number of piperidine rings is 1. The number of methoxy groups -OCH3 is 1. The first kappa shape index (κ1) is 19.1. The van der Waals surface area contributed by atoms with E-state index in [1.807, 2.05) is 0 Å². The Morgan fingerprint density at radius 1 is 1.30 bits per heavy atom. The summed E-state index contributed by atoms with van der Waals surface area (Å²) in [6.45, 7) is 1.34. The van der Waals surface area contributed by atoms with Crippen molar-refractivity contribution >= 4 is 17.6 Å². The Labute approximate surface area is 156 Å². The molecular weight excluding hydrogens is 356 g/mol. The summed E-state index contributed by atoms with van der Waals surface area (Å²) in [5.41, 5.74) is -0.0108. The van der Waals surface area contributed by atoms with E-state index < -0.39 is 16.8 Å². The molecule has 1 aromatic rings. The maximum absolute atomic E-state index is 12.9. The molecule has 2 saturated heterocycles. The van der Waals surface area contributed by atoms with Gasteiger partial charge in [0.25, 0.3) is 11.6 Å². The van der Waals surface area contributed by atoms with E-state index in [4.69, 9.17) is 9.47 Å². The number of nitro groups is 1. The minimum atomic E-state index is -0.836. The van der Waals surface area contributed by atoms with E-state index in [1.165, 1.54) is 25.3 Å². The normalized spacial score (nSPS) is 23.2. The van der Waals surface area contributed by atoms with Gasteiger partial charge in [0.15, 0.2) is 0 Å². The van der Waals surface area contributed by atoms with E-state index in [1.54, 1.807) is 4.90 Å². The third-order valence-corrected chi connectivity index (χ3v) is 5.37. The van der Waals surface area contributed by atoms with Crippen LogP contribution in [-0.4, -0.2) is 59.7 Å². The SMILES string of the molecule is COc1ccc([N+](=O)[O-])cc1C(=O)N1CCC([C@@H]2OCCC2C(=O)O)CC1. The van der Waals surface area contributed by atoms with Gasteiger partial charge in [-0.3, -0.25) is 19.7 Å². The van der Waals surface area contributed by atoms with Gasteiger partial charge in [0.1, 0.15) is 5.75 Å². The predicted molar refractivity (Wildman–Crippen MR) is 93.8 cm³/mol. The summed E-state index contributed by atoms with van der Waals surface area (Å²) in [6.07, 6.45) is 1.48. The van der Waals surface area contributed by atoms with Crippen molar-refractivity contribution < 1.29 is 29.1 Å². The number of carboxylic acids is 1. The van der Waals surface area contributed by atoms with Crippen molar-refractivity contribution in [2.24, 2.45) is 11.8 Å². The quantitative estimate of drug-likeness (QED) is 0.614. The number of nitro benzene ring substituents is 1. The number of carbonyl (C=O) groups excluding carboxylic acids is 1. The first-order chi connectivity index (χ1) is 12.9. The van der Waals surface area contributed by atoms with Gasteiger partial charge >= 0.3 is 5.97 Å². The lowest BCUT2D eigenvalue weighted by Gasteiger charge is -2.35. The van der Waals surface area contributed by atoms with Crippen molar-refractivity contribution in [2.45, 2.75) is 25.4 Å². The van der Waals surface area contributed by atoms with Crippen LogP contribution in [0.1, 0.15) is 29.6 Å². The number of carbonyl (C=O) groups is 2. The van der Waals surface area contributed by atoms with Gasteiger partial charge in [-0.25, -0.2) is 0 Å². The molecule has 1 N–H and O–H groups in total. The molecule has 0 aliphatic carbocycles. The minimum absolute atomic E-state index is 0.0876. The second kappa shape index (κ2) is 7.91. The molecule has 3 rings (SSSR count). The molecule has 0 aromatic heterocycles. The van der Waals surface area contributed by atoms with Gasteiger partial charge in [-0.05, 0) is 31.2 Å². The zero-order valence-corrected chi connectivity index (χ0v) is 15.0. The van der Waals surface area contributed by atoms with Crippen LogP contribution in [0, 0.1) is 22.0 Å². The van der Waals surface area contributed by atoms with Crippen LogP contribution in [0.15, 0.2) is 18.2 Å². The van der Waals surface area contributed by atoms with E-state index in [9.17, 15) is 24.8 Å². The van der Waals surface area contributed by atoms with Gasteiger partial charge in [0.2, 0.25) is 0 Å². The highest BCUT2D eigenvalue weighted by Gasteiger charge is 2.41. The third kappa shape index (κ3) is 3.87. The van der Waals surface area contributed by atoms with Crippen LogP contribution in [0.4, 0.5) is 5.69 Å². The van der Waals surface area contributed by atoms with E-state index in [-0.39, 0.29) is 34.9 Å². The van der Waals surface area contributed by atoms with Crippen molar-refractivity contribution in [1.29, 1.82) is 0 Å². The predicted octanol–water partition coefficient (Wildman–Crippen LogP) is 1.95. The molecule has 0 bridgehead atoms. The number of nitrogens with zero attached hydrogens (tertiary/aromatic N) is 2. The number of benzene rings is 1. The van der Waals surface area contributed by atoms with Crippen LogP contribution in [0.5, 0.6) is 5.75 Å². The zero-order chi connectivity index (χ0) is 19.6. The number of carboxylic acid groups (broad SMARTS) is 1. The summed E-state index contributed by atoms with van der Waals surface area (Å²) in [5.74, 6) is -1.27. The van der Waals surface area contributed by atoms with Crippen molar-refractivity contribution in [1.82, 2.24) is 4.90 Å². The molecule has 0 saturated carbocycles. The summed E-state index contributed by atoms with van der Waals surface area (Å²) in [7, 11) is 1.41. The van der Waals surface area contributed by atoms with E-state index >= 15 is 0 Å². The maximum Gasteiger partial charge on any atom is 0.309 e. The number of non-ortho nitro benzene ring substituents is 1. The fraction of sp³-hybridized carbons (Fsp3) is 0.556. The number of hydrogen-bond acceptors (Lipinski definition) is 6. The van der Waals surface area contributed by atoms with E-state index in [0.717, 1.165) is 0 Å². The Kier molecular flexibility index (Phi) is 5.59. The molecule has 1 unspecified atom stereocenters. The fourth-order valence-electron chi connectivity index (χ4n) is 3.92. The molecule has 9 heteroatoms. The lowest BCUT2D eigenvalue weighted by molar-refractivity contribution is -0.384. The highest BCUT2D eigenvalue weighted by molar-refractivity contribution is 5.97. The standard InChI is InChI=1S/C18H22N2O7/c1-26-15-3-2-12(20(24)25)10-14(15)17(21)19-7-4-11(5-8-19)16-13(18(22)23)6-9-27-16/h2-3,10-11,13,16H,4-9H2,1H3,(H,22,23)/t13?,16-/m0/s1. The Bertz CT molecular complexity index is 743. The molecule has 0 spiro atoms. The molecule has 2 atom stereocenters. The van der Waals surface area contributed by atoms with E-state index in [0.29, 0.717) is 39.0 Å². The first-order valence-corrected chi connectivity index (χ1v) is 8.88. The molecule has 27 heavy (non-hydrogen) atoms. The Balaban J connectivity index is 1.69. The van der Waals surface area contributed by atoms with Gasteiger partial charge in [-0.2, -0.15) is 0 Å². The van der Waals surface area contributed by atoms with Gasteiger partial charge in [0, 0.05) is 31.8 Å². The monoisotopic (exact) mass is 378 g/mol. The van der Waals surface area contributed by atoms with Crippen molar-refractivity contribution in [3.05, 3.63) is 33.9 Å². The average Bonchev–Trinajstić information content (AvgIpc) is 3.17. The Morgan fingerprint density at radius 2 is 2.00 bits per heavy atom. The highest BCUT2D eigenvalue weighted by Crippen LogP contribution is 2.34. The lowest BCUT2D eigenvalue weighted by Crippen LogP contribution is -2.43. The first-order valence-electron chi connectivity index (χ1n) is 8.88. The molecule has 2 aliphatic rings. The van der Waals surface area contributed by atoms with Gasteiger partial charge in [-0.15, -0.1) is 0 Å². The average molecular weight is 378 g/mol. The number of likely N-dealkylation sites (tertiary alicyclic amines) is 1. The smallest absolute Gasteiger partial charge is 0.309 e. The van der Waals surface area contributed by atoms with Crippen LogP contribution in [-0.2, 0) is 9.53 Å². The molecule has 2 aliphatic heterocycles. The topological polar surface area (TPSA) is 119 Å². The van der Waals surface area contributed by atoms with Crippen LogP contribution in [0.25, 0.3) is 0 Å². The number of aliphatic carboxylic acids is 1. The maximum atomic E-state index is 12.9. The molecule has 1 amide bonds. The summed E-state index contributed by atoms with van der Waals surface area (Å²) >= 11 is 0. The molecule has 2 heterocycles. The fourth-order valence-corrected chi connectivity index (χ4v) is 3.92. The third-order valence-electron chi connectivity index (χ3n) is 5.37. The summed E-state index contributed by atoms with van der Waals surface area (Å²) in [4.78, 5) is 36.3. The largest absolute Gasteiger partial charge is 0.496 e. The van der Waals surface area contributed by atoms with Crippen molar-refractivity contribution in [3.8, 4) is 5.75 Å². The Morgan fingerprint density at radius 3 is 2.59 bits per heavy atom. The molecule has 9 nitrogen and oxygen atoms in total. The van der Waals surface area contributed by atoms with Gasteiger partial charge in [-0.1, -0.05) is 0 Å². The number of amides is 1. The molecule has 2 fully saturated rings. The molecule has 0 radical (unpaired) electrons. The number of rotatable bonds is 5. The van der Waals surface area contributed by atoms with Gasteiger partial charge in [0.05, 0.1) is 29.6 Å². The van der Waals surface area contributed by atoms with Crippen LogP contribution >= 0.6 is 0 Å². The summed E-state index contributed by atoms with van der Waals surface area (Å²) in [6, 6.07) is 3.95. The van der Waals surface area contributed by atoms with Crippen LogP contribution in [0.3, 0.4) is 0 Å². The highest BCUT2D eigenvalue weighted by atomic mass is 16.6. The molecule has 146 valence electrons. The second-order valence-electron chi connectivity index (χ2n) is 6.84. The van der Waals surface area contributed by atoms with E-state index in [2.05, 4.69) is 0 Å². The number of hydrogen-bond donors (Lipinski definition) is 1. The molecule has 1 aromatic carbocycles. The summed E-state index contributed by atoms with van der Waals surface area (Å²) < 4.78 is 10.8. The minimum Gasteiger partial charge on any atom is -0.496 e. The van der Waals surface area contributed by atoms with Crippen LogP contribution in [0.2, 0.25) is 0 Å². The summed E-state index contributed by atoms with van der Waals surface area (Å²) in [5, 5.41) is 20.3.